The van der Waals surface area contributed by atoms with Gasteiger partial charge in [-0.25, -0.2) is 9.97 Å². The first-order chi connectivity index (χ1) is 10.0. The molecule has 5 rings (SSSR count). The summed E-state index contributed by atoms with van der Waals surface area (Å²) in [6.07, 6.45) is 7.36. The van der Waals surface area contributed by atoms with Gasteiger partial charge in [-0.2, -0.15) is 0 Å². The number of amides is 1. The van der Waals surface area contributed by atoms with Gasteiger partial charge in [0.15, 0.2) is 5.16 Å². The highest BCUT2D eigenvalue weighted by Gasteiger charge is 2.59. The van der Waals surface area contributed by atoms with Crippen molar-refractivity contribution >= 4 is 28.7 Å². The number of carbonyl (C=O) groups is 1. The van der Waals surface area contributed by atoms with Gasteiger partial charge in [-0.3, -0.25) is 4.79 Å². The van der Waals surface area contributed by atoms with Gasteiger partial charge in [-0.15, -0.1) is 0 Å². The number of rotatable bonds is 3. The lowest BCUT2D eigenvalue weighted by Crippen LogP contribution is -2.60. The summed E-state index contributed by atoms with van der Waals surface area (Å²) in [7, 11) is 3.59. The molecule has 3 fully saturated rings. The second kappa shape index (κ2) is 4.22. The van der Waals surface area contributed by atoms with Gasteiger partial charge in [0.2, 0.25) is 0 Å². The van der Waals surface area contributed by atoms with Crippen LogP contribution in [0.15, 0.2) is 17.4 Å². The van der Waals surface area contributed by atoms with Gasteiger partial charge in [0, 0.05) is 31.2 Å². The van der Waals surface area contributed by atoms with Crippen LogP contribution in [0.25, 0.3) is 11.0 Å². The Morgan fingerprint density at radius 3 is 2.67 bits per heavy atom. The van der Waals surface area contributed by atoms with Gasteiger partial charge in [-0.05, 0) is 37.5 Å². The van der Waals surface area contributed by atoms with Crippen molar-refractivity contribution in [3.63, 3.8) is 0 Å². The first kappa shape index (κ1) is 13.1. The molecule has 2 heterocycles. The van der Waals surface area contributed by atoms with E-state index in [2.05, 4.69) is 14.5 Å². The molecule has 3 aliphatic carbocycles. The molecule has 0 radical (unpaired) electrons. The summed E-state index contributed by atoms with van der Waals surface area (Å²) in [5, 5.41) is 1.72. The molecule has 3 saturated carbocycles. The quantitative estimate of drug-likeness (QED) is 0.645. The van der Waals surface area contributed by atoms with Crippen molar-refractivity contribution in [1.29, 1.82) is 0 Å². The lowest BCUT2D eigenvalue weighted by molar-refractivity contribution is -0.0870. The molecule has 0 saturated heterocycles. The molecule has 0 atom stereocenters. The Balaban J connectivity index is 1.95. The second-order valence-corrected chi connectivity index (χ2v) is 7.18. The highest BCUT2D eigenvalue weighted by molar-refractivity contribution is 7.98. The highest BCUT2D eigenvalue weighted by Crippen LogP contribution is 2.63. The van der Waals surface area contributed by atoms with Crippen LogP contribution in [-0.4, -0.2) is 45.7 Å². The maximum absolute atomic E-state index is 12.5. The lowest BCUT2D eigenvalue weighted by atomic mass is 9.49. The van der Waals surface area contributed by atoms with E-state index in [1.807, 2.05) is 18.5 Å². The lowest BCUT2D eigenvalue weighted by Gasteiger charge is -2.62. The molecule has 3 aliphatic rings. The summed E-state index contributed by atoms with van der Waals surface area (Å²) in [5.74, 6) is 0.898. The molecule has 110 valence electrons. The van der Waals surface area contributed by atoms with E-state index in [0.29, 0.717) is 0 Å². The number of aromatic nitrogens is 3. The Hall–Kier alpha value is -1.56. The van der Waals surface area contributed by atoms with Crippen molar-refractivity contribution in [3.05, 3.63) is 18.0 Å². The summed E-state index contributed by atoms with van der Waals surface area (Å²) < 4.78 is 2.20. The third kappa shape index (κ3) is 1.68. The van der Waals surface area contributed by atoms with Crippen LogP contribution in [0.5, 0.6) is 0 Å². The number of nitrogens with zero attached hydrogens (tertiary/aromatic N) is 4. The second-order valence-electron chi connectivity index (χ2n) is 6.40. The molecule has 2 aromatic heterocycles. The zero-order valence-electron chi connectivity index (χ0n) is 12.5. The van der Waals surface area contributed by atoms with Crippen molar-refractivity contribution in [1.82, 2.24) is 19.4 Å². The van der Waals surface area contributed by atoms with E-state index in [1.54, 1.807) is 19.0 Å². The Bertz CT molecular complexity index is 734. The van der Waals surface area contributed by atoms with E-state index in [1.165, 1.54) is 31.0 Å². The summed E-state index contributed by atoms with van der Waals surface area (Å²) >= 11 is 1.53. The Kier molecular flexibility index (Phi) is 2.64. The van der Waals surface area contributed by atoms with Crippen LogP contribution in [0.4, 0.5) is 0 Å². The van der Waals surface area contributed by atoms with Crippen LogP contribution in [-0.2, 0) is 5.54 Å². The van der Waals surface area contributed by atoms with E-state index in [9.17, 15) is 4.79 Å². The van der Waals surface area contributed by atoms with Crippen molar-refractivity contribution in [2.45, 2.75) is 30.0 Å². The maximum Gasteiger partial charge on any atom is 0.270 e. The molecular formula is C15H18N4OS. The first-order valence-corrected chi connectivity index (χ1v) is 8.41. The van der Waals surface area contributed by atoms with Crippen LogP contribution in [0.3, 0.4) is 0 Å². The number of carbonyl (C=O) groups excluding carboxylic acids is 1. The first-order valence-electron chi connectivity index (χ1n) is 7.19. The van der Waals surface area contributed by atoms with Gasteiger partial charge < -0.3 is 9.47 Å². The topological polar surface area (TPSA) is 51.0 Å². The highest BCUT2D eigenvalue weighted by atomic mass is 32.2. The minimum Gasteiger partial charge on any atom is -0.343 e. The minimum atomic E-state index is 0.0448. The minimum absolute atomic E-state index is 0.0448. The summed E-state index contributed by atoms with van der Waals surface area (Å²) in [6, 6.07) is 1.95. The molecule has 6 heteroatoms. The predicted octanol–water partition coefficient (Wildman–Crippen LogP) is 2.36. The van der Waals surface area contributed by atoms with Crippen LogP contribution in [0, 0.1) is 5.92 Å². The van der Waals surface area contributed by atoms with E-state index < -0.39 is 0 Å². The van der Waals surface area contributed by atoms with Gasteiger partial charge in [0.05, 0.1) is 0 Å². The molecule has 2 bridgehead atoms. The van der Waals surface area contributed by atoms with E-state index in [4.69, 9.17) is 0 Å². The molecule has 2 aromatic rings. The third-order valence-corrected chi connectivity index (χ3v) is 5.37. The summed E-state index contributed by atoms with van der Waals surface area (Å²) in [4.78, 5) is 23.2. The molecule has 5 nitrogen and oxygen atoms in total. The van der Waals surface area contributed by atoms with E-state index in [-0.39, 0.29) is 11.4 Å². The number of fused-ring (bicyclic) bond motifs is 1. The van der Waals surface area contributed by atoms with Crippen molar-refractivity contribution in [3.8, 4) is 0 Å². The average Bonchev–Trinajstić information content (AvgIpc) is 2.73. The molecule has 1 amide bonds. The SMILES string of the molecule is CSc1ncc2cc(C(=O)N(C)C)n(C34CC(C3)C4)c2n1. The van der Waals surface area contributed by atoms with Gasteiger partial charge in [0.1, 0.15) is 11.3 Å². The van der Waals surface area contributed by atoms with Gasteiger partial charge in [-0.1, -0.05) is 11.8 Å². The fraction of sp³-hybridized carbons (Fsp3) is 0.533. The maximum atomic E-state index is 12.5. The molecule has 0 aliphatic heterocycles. The van der Waals surface area contributed by atoms with Crippen molar-refractivity contribution in [2.75, 3.05) is 20.4 Å². The molecule has 0 N–H and O–H groups in total. The van der Waals surface area contributed by atoms with Crippen molar-refractivity contribution in [2.24, 2.45) is 5.92 Å². The van der Waals surface area contributed by atoms with Crippen LogP contribution in [0.2, 0.25) is 0 Å². The largest absolute Gasteiger partial charge is 0.343 e. The fourth-order valence-corrected chi connectivity index (χ4v) is 3.98. The summed E-state index contributed by atoms with van der Waals surface area (Å²) in [6.45, 7) is 0. The smallest absolute Gasteiger partial charge is 0.270 e. The average molecular weight is 302 g/mol. The van der Waals surface area contributed by atoms with Gasteiger partial charge >= 0.3 is 0 Å². The molecule has 0 unspecified atom stereocenters. The zero-order valence-corrected chi connectivity index (χ0v) is 13.3. The third-order valence-electron chi connectivity index (χ3n) is 4.81. The molecular weight excluding hydrogens is 284 g/mol. The monoisotopic (exact) mass is 302 g/mol. The van der Waals surface area contributed by atoms with Crippen LogP contribution >= 0.6 is 11.8 Å². The molecule has 21 heavy (non-hydrogen) atoms. The Morgan fingerprint density at radius 1 is 1.43 bits per heavy atom. The van der Waals surface area contributed by atoms with E-state index in [0.717, 1.165) is 27.8 Å². The normalized spacial score (nSPS) is 26.3. The zero-order chi connectivity index (χ0) is 14.8. The standard InChI is InChI=1S/C15H18N4OS/c1-18(2)13(20)11-4-10-8-16-14(21-3)17-12(10)19(11)15-5-9(6-15)7-15/h4,8-9H,5-7H2,1-3H3. The van der Waals surface area contributed by atoms with Crippen LogP contribution < -0.4 is 0 Å². The van der Waals surface area contributed by atoms with Crippen molar-refractivity contribution < 1.29 is 4.79 Å². The predicted molar refractivity (Wildman–Crippen MR) is 82.6 cm³/mol. The summed E-state index contributed by atoms with van der Waals surface area (Å²) in [5.41, 5.74) is 1.80. The number of thioether (sulfide) groups is 1. The number of hydrogen-bond acceptors (Lipinski definition) is 4. The Morgan fingerprint density at radius 2 is 2.14 bits per heavy atom. The number of hydrogen-bond donors (Lipinski definition) is 0. The van der Waals surface area contributed by atoms with Crippen LogP contribution in [0.1, 0.15) is 29.8 Å². The molecule has 0 aromatic carbocycles. The molecule has 0 spiro atoms. The van der Waals surface area contributed by atoms with E-state index >= 15 is 0 Å². The van der Waals surface area contributed by atoms with Gasteiger partial charge in [0.25, 0.3) is 5.91 Å². The fourth-order valence-electron chi connectivity index (χ4n) is 3.64. The Labute approximate surface area is 127 Å².